The third kappa shape index (κ3) is 4.37. The van der Waals surface area contributed by atoms with Crippen molar-refractivity contribution in [2.24, 2.45) is 11.7 Å². The largest absolute Gasteiger partial charge is 0.492 e. The van der Waals surface area contributed by atoms with Crippen LogP contribution in [0.4, 0.5) is 13.2 Å². The van der Waals surface area contributed by atoms with Gasteiger partial charge in [0.2, 0.25) is 0 Å². The highest BCUT2D eigenvalue weighted by atomic mass is 32.1. The van der Waals surface area contributed by atoms with Gasteiger partial charge in [-0.2, -0.15) is 13.2 Å². The first-order chi connectivity index (χ1) is 9.12. The van der Waals surface area contributed by atoms with Crippen LogP contribution in [0.25, 0.3) is 0 Å². The van der Waals surface area contributed by atoms with Crippen molar-refractivity contribution in [1.29, 1.82) is 0 Å². The van der Waals surface area contributed by atoms with Crippen LogP contribution in [0.2, 0.25) is 0 Å². The molecule has 0 aliphatic heterocycles. The molecule has 0 amide bonds. The lowest BCUT2D eigenvalue weighted by Crippen LogP contribution is -2.38. The molecule has 1 aromatic carbocycles. The molecule has 0 spiro atoms. The van der Waals surface area contributed by atoms with E-state index in [0.29, 0.717) is 5.75 Å². The van der Waals surface area contributed by atoms with E-state index in [1.807, 2.05) is 26.0 Å². The monoisotopic (exact) mass is 305 g/mol. The molecule has 112 valence electrons. The van der Waals surface area contributed by atoms with Gasteiger partial charge in [-0.25, -0.2) is 0 Å². The van der Waals surface area contributed by atoms with E-state index in [9.17, 15) is 13.2 Å². The zero-order valence-electron chi connectivity index (χ0n) is 11.6. The van der Waals surface area contributed by atoms with Gasteiger partial charge in [0, 0.05) is 0 Å². The zero-order chi connectivity index (χ0) is 15.5. The van der Waals surface area contributed by atoms with Crippen LogP contribution in [0.15, 0.2) is 18.2 Å². The van der Waals surface area contributed by atoms with E-state index in [4.69, 9.17) is 10.5 Å². The van der Waals surface area contributed by atoms with Gasteiger partial charge in [0.05, 0.1) is 4.99 Å². The summed E-state index contributed by atoms with van der Waals surface area (Å²) in [5.74, 6) is -1.23. The molecule has 2 N–H and O–H groups in total. The molecule has 0 heterocycles. The minimum atomic E-state index is -4.49. The first-order valence-electron chi connectivity index (χ1n) is 6.22. The summed E-state index contributed by atoms with van der Waals surface area (Å²) in [4.78, 5) is -0.602. The SMILES string of the molecule is Cc1ccc(C(C)C)cc1OCC(C(N)=S)C(F)(F)F. The maximum Gasteiger partial charge on any atom is 0.401 e. The Labute approximate surface area is 122 Å². The highest BCUT2D eigenvalue weighted by Gasteiger charge is 2.42. The van der Waals surface area contributed by atoms with Crippen LogP contribution < -0.4 is 10.5 Å². The molecule has 1 atom stereocenters. The van der Waals surface area contributed by atoms with Gasteiger partial charge in [0.1, 0.15) is 18.3 Å². The number of halogens is 3. The molecule has 0 radical (unpaired) electrons. The van der Waals surface area contributed by atoms with Crippen LogP contribution in [-0.2, 0) is 0 Å². The van der Waals surface area contributed by atoms with Gasteiger partial charge >= 0.3 is 6.18 Å². The molecular weight excluding hydrogens is 287 g/mol. The highest BCUT2D eigenvalue weighted by molar-refractivity contribution is 7.80. The van der Waals surface area contributed by atoms with Crippen LogP contribution in [0.1, 0.15) is 30.9 Å². The van der Waals surface area contributed by atoms with Gasteiger partial charge in [-0.3, -0.25) is 0 Å². The van der Waals surface area contributed by atoms with Gasteiger partial charge in [0.25, 0.3) is 0 Å². The highest BCUT2D eigenvalue weighted by Crippen LogP contribution is 2.29. The summed E-state index contributed by atoms with van der Waals surface area (Å²) < 4.78 is 43.5. The standard InChI is InChI=1S/C14H18F3NOS/c1-8(2)10-5-4-9(3)12(6-10)19-7-11(13(18)20)14(15,16)17/h4-6,8,11H,7H2,1-3H3,(H2,18,20). The number of hydrogen-bond acceptors (Lipinski definition) is 2. The fraction of sp³-hybridized carbons (Fsp3) is 0.500. The van der Waals surface area contributed by atoms with Crippen molar-refractivity contribution in [3.8, 4) is 5.75 Å². The predicted octanol–water partition coefficient (Wildman–Crippen LogP) is 3.96. The summed E-state index contributed by atoms with van der Waals surface area (Å²) in [6, 6.07) is 5.52. The molecule has 2 nitrogen and oxygen atoms in total. The molecule has 0 aromatic heterocycles. The van der Waals surface area contributed by atoms with Gasteiger partial charge < -0.3 is 10.5 Å². The molecule has 0 aliphatic carbocycles. The first-order valence-corrected chi connectivity index (χ1v) is 6.63. The number of ether oxygens (including phenoxy) is 1. The third-order valence-electron chi connectivity index (χ3n) is 3.02. The van der Waals surface area contributed by atoms with Crippen molar-refractivity contribution in [3.05, 3.63) is 29.3 Å². The Morgan fingerprint density at radius 1 is 1.35 bits per heavy atom. The predicted molar refractivity (Wildman–Crippen MR) is 77.1 cm³/mol. The van der Waals surface area contributed by atoms with E-state index >= 15 is 0 Å². The number of rotatable bonds is 5. The number of thiocarbonyl (C=S) groups is 1. The van der Waals surface area contributed by atoms with E-state index in [1.165, 1.54) is 0 Å². The number of hydrogen-bond donors (Lipinski definition) is 1. The molecular formula is C14H18F3NOS. The minimum absolute atomic E-state index is 0.270. The Morgan fingerprint density at radius 3 is 2.40 bits per heavy atom. The second kappa shape index (κ2) is 6.43. The van der Waals surface area contributed by atoms with E-state index in [1.54, 1.807) is 13.0 Å². The fourth-order valence-electron chi connectivity index (χ4n) is 1.64. The molecule has 1 rings (SSSR count). The van der Waals surface area contributed by atoms with Crippen LogP contribution in [0, 0.1) is 12.8 Å². The van der Waals surface area contributed by atoms with Crippen molar-refractivity contribution in [3.63, 3.8) is 0 Å². The van der Waals surface area contributed by atoms with Crippen LogP contribution in [0.3, 0.4) is 0 Å². The average molecular weight is 305 g/mol. The van der Waals surface area contributed by atoms with Crippen molar-refractivity contribution in [1.82, 2.24) is 0 Å². The molecule has 0 bridgehead atoms. The average Bonchev–Trinajstić information content (AvgIpc) is 2.28. The second-order valence-electron chi connectivity index (χ2n) is 4.99. The molecule has 1 aromatic rings. The molecule has 0 saturated carbocycles. The van der Waals surface area contributed by atoms with Crippen molar-refractivity contribution >= 4 is 17.2 Å². The smallest absolute Gasteiger partial charge is 0.401 e. The van der Waals surface area contributed by atoms with Gasteiger partial charge in [-0.05, 0) is 30.0 Å². The second-order valence-corrected chi connectivity index (χ2v) is 5.46. The molecule has 1 unspecified atom stereocenters. The maximum absolute atomic E-state index is 12.7. The minimum Gasteiger partial charge on any atom is -0.492 e. The van der Waals surface area contributed by atoms with Crippen LogP contribution >= 0.6 is 12.2 Å². The Bertz CT molecular complexity index is 486. The fourth-order valence-corrected chi connectivity index (χ4v) is 1.84. The summed E-state index contributed by atoms with van der Waals surface area (Å²) in [6.45, 7) is 5.19. The van der Waals surface area contributed by atoms with Crippen molar-refractivity contribution < 1.29 is 17.9 Å². The Morgan fingerprint density at radius 2 is 1.95 bits per heavy atom. The number of benzene rings is 1. The van der Waals surface area contributed by atoms with Gasteiger partial charge in [-0.1, -0.05) is 38.2 Å². The van der Waals surface area contributed by atoms with Crippen LogP contribution in [0.5, 0.6) is 5.75 Å². The Kier molecular flexibility index (Phi) is 5.39. The summed E-state index contributed by atoms with van der Waals surface area (Å²) >= 11 is 4.46. The van der Waals surface area contributed by atoms with Crippen molar-refractivity contribution in [2.75, 3.05) is 6.61 Å². The normalized spacial score (nSPS) is 13.3. The van der Waals surface area contributed by atoms with E-state index in [0.717, 1.165) is 11.1 Å². The molecule has 0 saturated heterocycles. The van der Waals surface area contributed by atoms with E-state index < -0.39 is 23.7 Å². The number of alkyl halides is 3. The third-order valence-corrected chi connectivity index (χ3v) is 3.31. The summed E-state index contributed by atoms with van der Waals surface area (Å²) in [6.07, 6.45) is -4.49. The zero-order valence-corrected chi connectivity index (χ0v) is 12.4. The lowest BCUT2D eigenvalue weighted by atomic mass is 10.0. The molecule has 0 aliphatic rings. The lowest BCUT2D eigenvalue weighted by molar-refractivity contribution is -0.161. The molecule has 6 heteroatoms. The topological polar surface area (TPSA) is 35.2 Å². The van der Waals surface area contributed by atoms with Crippen molar-refractivity contribution in [2.45, 2.75) is 32.9 Å². The summed E-state index contributed by atoms with van der Waals surface area (Å²) in [5.41, 5.74) is 6.91. The quantitative estimate of drug-likeness (QED) is 0.836. The maximum atomic E-state index is 12.7. The number of nitrogens with two attached hydrogens (primary N) is 1. The Balaban J connectivity index is 2.88. The molecule has 20 heavy (non-hydrogen) atoms. The number of aryl methyl sites for hydroxylation is 1. The van der Waals surface area contributed by atoms with Gasteiger partial charge in [0.15, 0.2) is 0 Å². The van der Waals surface area contributed by atoms with Crippen LogP contribution in [-0.4, -0.2) is 17.8 Å². The summed E-state index contributed by atoms with van der Waals surface area (Å²) in [7, 11) is 0. The lowest BCUT2D eigenvalue weighted by Gasteiger charge is -2.20. The Hall–Kier alpha value is -1.30. The summed E-state index contributed by atoms with van der Waals surface area (Å²) in [5, 5.41) is 0. The van der Waals surface area contributed by atoms with E-state index in [2.05, 4.69) is 12.2 Å². The van der Waals surface area contributed by atoms with Gasteiger partial charge in [-0.15, -0.1) is 0 Å². The first kappa shape index (κ1) is 16.8. The van der Waals surface area contributed by atoms with E-state index in [-0.39, 0.29) is 5.92 Å². The molecule has 0 fully saturated rings.